The van der Waals surface area contributed by atoms with E-state index in [1.54, 1.807) is 0 Å². The maximum atomic E-state index is 5.76. The van der Waals surface area contributed by atoms with Crippen molar-refractivity contribution in [1.82, 2.24) is 0 Å². The third-order valence-electron chi connectivity index (χ3n) is 4.31. The number of ether oxygens (including phenoxy) is 2. The molecule has 2 aromatic carbocycles. The molecule has 0 atom stereocenters. The van der Waals surface area contributed by atoms with Gasteiger partial charge in [0, 0.05) is 0 Å². The van der Waals surface area contributed by atoms with Crippen molar-refractivity contribution in [1.29, 1.82) is 0 Å². The van der Waals surface area contributed by atoms with Crippen molar-refractivity contribution in [2.45, 2.75) is 38.5 Å². The van der Waals surface area contributed by atoms with Crippen molar-refractivity contribution in [3.05, 3.63) is 72.8 Å². The van der Waals surface area contributed by atoms with Crippen LogP contribution in [-0.2, 0) is 0 Å². The Balaban J connectivity index is 1.42. The summed E-state index contributed by atoms with van der Waals surface area (Å²) in [6.45, 7) is 9.08. The van der Waals surface area contributed by atoms with Crippen LogP contribution in [0.2, 0.25) is 0 Å². The molecule has 26 heavy (non-hydrogen) atoms. The van der Waals surface area contributed by atoms with Crippen molar-refractivity contribution in [2.75, 3.05) is 13.2 Å². The van der Waals surface area contributed by atoms with Gasteiger partial charge in [0.15, 0.2) is 0 Å². The van der Waals surface area contributed by atoms with Crippen molar-refractivity contribution < 1.29 is 9.47 Å². The second-order valence-electron chi connectivity index (χ2n) is 6.36. The quantitative estimate of drug-likeness (QED) is 0.371. The zero-order valence-electron chi connectivity index (χ0n) is 15.7. The zero-order valence-corrected chi connectivity index (χ0v) is 15.7. The van der Waals surface area contributed by atoms with Crippen LogP contribution >= 0.6 is 0 Å². The van der Waals surface area contributed by atoms with E-state index in [9.17, 15) is 0 Å². The molecule has 138 valence electrons. The molecule has 0 bridgehead atoms. The van der Waals surface area contributed by atoms with Crippen LogP contribution < -0.4 is 9.47 Å². The van der Waals surface area contributed by atoms with Gasteiger partial charge < -0.3 is 9.47 Å². The average molecular weight is 351 g/mol. The molecule has 0 fully saturated rings. The molecule has 2 nitrogen and oxygen atoms in total. The molecule has 0 aliphatic heterocycles. The minimum Gasteiger partial charge on any atom is -0.494 e. The van der Waals surface area contributed by atoms with Gasteiger partial charge in [-0.05, 0) is 48.2 Å². The third kappa shape index (κ3) is 7.60. The zero-order chi connectivity index (χ0) is 18.5. The molecule has 0 N–H and O–H groups in total. The first-order valence-electron chi connectivity index (χ1n) is 9.52. The molecular weight excluding hydrogens is 320 g/mol. The van der Waals surface area contributed by atoms with Crippen LogP contribution in [0.25, 0.3) is 12.2 Å². The van der Waals surface area contributed by atoms with Gasteiger partial charge in [-0.25, -0.2) is 0 Å². The molecule has 2 rings (SSSR count). The fourth-order valence-electron chi connectivity index (χ4n) is 2.69. The van der Waals surface area contributed by atoms with Crippen LogP contribution in [0.1, 0.15) is 49.7 Å². The Morgan fingerprint density at radius 2 is 0.885 bits per heavy atom. The molecule has 0 aliphatic carbocycles. The summed E-state index contributed by atoms with van der Waals surface area (Å²) in [6.07, 6.45) is 10.8. The largest absolute Gasteiger partial charge is 0.494 e. The highest BCUT2D eigenvalue weighted by Gasteiger charge is 1.97. The molecule has 0 heterocycles. The van der Waals surface area contributed by atoms with E-state index in [0.717, 1.165) is 48.7 Å². The van der Waals surface area contributed by atoms with Crippen LogP contribution in [0.5, 0.6) is 11.5 Å². The molecular formula is C24H30O2. The predicted molar refractivity (Wildman–Crippen MR) is 112 cm³/mol. The molecule has 0 saturated carbocycles. The molecule has 0 saturated heterocycles. The second kappa shape index (κ2) is 12.0. The Labute approximate surface area is 158 Å². The highest BCUT2D eigenvalue weighted by molar-refractivity contribution is 5.48. The predicted octanol–water partition coefficient (Wildman–Crippen LogP) is 6.77. The van der Waals surface area contributed by atoms with Crippen LogP contribution in [0.3, 0.4) is 0 Å². The highest BCUT2D eigenvalue weighted by atomic mass is 16.5. The summed E-state index contributed by atoms with van der Waals surface area (Å²) in [5.41, 5.74) is 2.24. The topological polar surface area (TPSA) is 18.5 Å². The first-order chi connectivity index (χ1) is 12.8. The van der Waals surface area contributed by atoms with Crippen LogP contribution in [0.15, 0.2) is 61.7 Å². The summed E-state index contributed by atoms with van der Waals surface area (Å²) < 4.78 is 11.5. The second-order valence-corrected chi connectivity index (χ2v) is 6.36. The van der Waals surface area contributed by atoms with Crippen LogP contribution in [0, 0.1) is 0 Å². The van der Waals surface area contributed by atoms with E-state index in [1.807, 2.05) is 60.7 Å². The number of unbranched alkanes of at least 4 members (excludes halogenated alkanes) is 5. The lowest BCUT2D eigenvalue weighted by Gasteiger charge is -2.07. The molecule has 0 spiro atoms. The lowest BCUT2D eigenvalue weighted by atomic mass is 10.1. The van der Waals surface area contributed by atoms with E-state index in [-0.39, 0.29) is 0 Å². The third-order valence-corrected chi connectivity index (χ3v) is 4.31. The fourth-order valence-corrected chi connectivity index (χ4v) is 2.69. The van der Waals surface area contributed by atoms with Gasteiger partial charge in [0.2, 0.25) is 0 Å². The van der Waals surface area contributed by atoms with Crippen LogP contribution in [0.4, 0.5) is 0 Å². The lowest BCUT2D eigenvalue weighted by Crippen LogP contribution is -1.98. The summed E-state index contributed by atoms with van der Waals surface area (Å²) in [5.74, 6) is 1.88. The van der Waals surface area contributed by atoms with Gasteiger partial charge in [0.1, 0.15) is 11.5 Å². The molecule has 2 aromatic rings. The number of hydrogen-bond acceptors (Lipinski definition) is 2. The van der Waals surface area contributed by atoms with Crippen LogP contribution in [-0.4, -0.2) is 13.2 Å². The lowest BCUT2D eigenvalue weighted by molar-refractivity contribution is 0.297. The first-order valence-corrected chi connectivity index (χ1v) is 9.52. The highest BCUT2D eigenvalue weighted by Crippen LogP contribution is 2.15. The molecule has 0 unspecified atom stereocenters. The van der Waals surface area contributed by atoms with Gasteiger partial charge in [-0.3, -0.25) is 0 Å². The first kappa shape index (κ1) is 19.8. The minimum absolute atomic E-state index is 0.789. The van der Waals surface area contributed by atoms with E-state index in [4.69, 9.17) is 9.47 Å². The van der Waals surface area contributed by atoms with Gasteiger partial charge >= 0.3 is 0 Å². The van der Waals surface area contributed by atoms with Gasteiger partial charge in [-0.1, -0.05) is 75.3 Å². The van der Waals surface area contributed by atoms with E-state index < -0.39 is 0 Å². The fraction of sp³-hybridized carbons (Fsp3) is 0.333. The van der Waals surface area contributed by atoms with Crippen molar-refractivity contribution in [3.8, 4) is 11.5 Å². The molecule has 0 aliphatic rings. The Morgan fingerprint density at radius 1 is 0.538 bits per heavy atom. The van der Waals surface area contributed by atoms with Crippen molar-refractivity contribution in [2.24, 2.45) is 0 Å². The van der Waals surface area contributed by atoms with E-state index in [1.165, 1.54) is 25.7 Å². The van der Waals surface area contributed by atoms with Gasteiger partial charge in [-0.2, -0.15) is 0 Å². The Hall–Kier alpha value is -2.48. The maximum Gasteiger partial charge on any atom is 0.119 e. The van der Waals surface area contributed by atoms with E-state index in [2.05, 4.69) is 13.2 Å². The summed E-state index contributed by atoms with van der Waals surface area (Å²) >= 11 is 0. The Kier molecular flexibility index (Phi) is 9.13. The average Bonchev–Trinajstić information content (AvgIpc) is 2.70. The maximum absolute atomic E-state index is 5.76. The Morgan fingerprint density at radius 3 is 1.23 bits per heavy atom. The van der Waals surface area contributed by atoms with E-state index in [0.29, 0.717) is 0 Å². The number of benzene rings is 2. The van der Waals surface area contributed by atoms with Crippen molar-refractivity contribution >= 4 is 12.2 Å². The van der Waals surface area contributed by atoms with Crippen molar-refractivity contribution in [3.63, 3.8) is 0 Å². The standard InChI is InChI=1S/C24H30O2/c1-3-21-11-15-23(16-12-21)25-19-9-7-5-6-8-10-20-26-24-17-13-22(4-2)14-18-24/h3-4,11-18H,1-2,5-10,19-20H2. The van der Waals surface area contributed by atoms with Gasteiger partial charge in [-0.15, -0.1) is 0 Å². The van der Waals surface area contributed by atoms with Gasteiger partial charge in [0.25, 0.3) is 0 Å². The molecule has 0 aromatic heterocycles. The molecule has 0 amide bonds. The summed E-state index contributed by atoms with van der Waals surface area (Å²) in [7, 11) is 0. The Bertz CT molecular complexity index is 581. The number of hydrogen-bond donors (Lipinski definition) is 0. The minimum atomic E-state index is 0.789. The smallest absolute Gasteiger partial charge is 0.119 e. The summed E-state index contributed by atoms with van der Waals surface area (Å²) in [5, 5.41) is 0. The summed E-state index contributed by atoms with van der Waals surface area (Å²) in [4.78, 5) is 0. The molecule has 2 heteroatoms. The molecule has 0 radical (unpaired) electrons. The SMILES string of the molecule is C=Cc1ccc(OCCCCCCCCOc2ccc(C=C)cc2)cc1. The van der Waals surface area contributed by atoms with Gasteiger partial charge in [0.05, 0.1) is 13.2 Å². The normalized spacial score (nSPS) is 10.3. The number of rotatable bonds is 13. The monoisotopic (exact) mass is 350 g/mol. The van der Waals surface area contributed by atoms with E-state index >= 15 is 0 Å². The summed E-state index contributed by atoms with van der Waals surface area (Å²) in [6, 6.07) is 16.1.